The molecule has 2 heterocycles. The van der Waals surface area contributed by atoms with Gasteiger partial charge in [0.2, 0.25) is 0 Å². The number of halogens is 1. The van der Waals surface area contributed by atoms with E-state index in [9.17, 15) is 5.11 Å². The first-order valence-electron chi connectivity index (χ1n) is 10.4. The third-order valence-corrected chi connectivity index (χ3v) is 7.01. The van der Waals surface area contributed by atoms with Crippen molar-refractivity contribution in [2.45, 2.75) is 50.3 Å². The normalized spacial score (nSPS) is 21.2. The van der Waals surface area contributed by atoms with E-state index < -0.39 is 6.10 Å². The van der Waals surface area contributed by atoms with Crippen LogP contribution in [0.5, 0.6) is 0 Å². The molecule has 150 valence electrons. The van der Waals surface area contributed by atoms with Crippen LogP contribution in [0.15, 0.2) is 59.2 Å². The Labute approximate surface area is 179 Å². The number of aromatic nitrogens is 3. The fraction of sp³-hybridized carbons (Fsp3) is 0.391. The molecule has 0 radical (unpaired) electrons. The van der Waals surface area contributed by atoms with E-state index in [-0.39, 0.29) is 5.54 Å². The Hall–Kier alpha value is -2.02. The average molecular weight is 453 g/mol. The van der Waals surface area contributed by atoms with Gasteiger partial charge in [-0.3, -0.25) is 4.90 Å². The van der Waals surface area contributed by atoms with Crippen LogP contribution in [0.1, 0.15) is 55.0 Å². The number of benzene rings is 2. The lowest BCUT2D eigenvalue weighted by Crippen LogP contribution is -2.52. The molecule has 1 spiro atoms. The summed E-state index contributed by atoms with van der Waals surface area (Å²) in [5, 5.41) is 19.6. The fourth-order valence-corrected chi connectivity index (χ4v) is 5.35. The zero-order valence-electron chi connectivity index (χ0n) is 16.3. The summed E-state index contributed by atoms with van der Waals surface area (Å²) in [6, 6.07) is 16.5. The van der Waals surface area contributed by atoms with Gasteiger partial charge < -0.3 is 5.11 Å². The van der Waals surface area contributed by atoms with Gasteiger partial charge in [0.25, 0.3) is 0 Å². The second-order valence-electron chi connectivity index (χ2n) is 8.21. The SMILES string of the molecule is OC1CN(Cc2cn(-c3ccc(Br)cc3)nn2)C2(CCCCC2)c2ccccc21. The lowest BCUT2D eigenvalue weighted by Gasteiger charge is -2.51. The van der Waals surface area contributed by atoms with Crippen LogP contribution in [0.2, 0.25) is 0 Å². The van der Waals surface area contributed by atoms with E-state index in [0.717, 1.165) is 34.3 Å². The molecule has 1 aromatic heterocycles. The molecule has 1 unspecified atom stereocenters. The van der Waals surface area contributed by atoms with Crippen LogP contribution in [0.25, 0.3) is 5.69 Å². The highest BCUT2D eigenvalue weighted by atomic mass is 79.9. The molecule has 1 atom stereocenters. The largest absolute Gasteiger partial charge is 0.387 e. The maximum atomic E-state index is 10.8. The van der Waals surface area contributed by atoms with Gasteiger partial charge >= 0.3 is 0 Å². The van der Waals surface area contributed by atoms with Gasteiger partial charge in [-0.15, -0.1) is 5.10 Å². The van der Waals surface area contributed by atoms with Crippen molar-refractivity contribution in [2.24, 2.45) is 0 Å². The van der Waals surface area contributed by atoms with Gasteiger partial charge in [0.15, 0.2) is 0 Å². The Kier molecular flexibility index (Phi) is 5.02. The molecule has 1 saturated carbocycles. The Morgan fingerprint density at radius 3 is 2.59 bits per heavy atom. The Bertz CT molecular complexity index is 994. The molecule has 0 saturated heterocycles. The summed E-state index contributed by atoms with van der Waals surface area (Å²) in [6.45, 7) is 1.34. The van der Waals surface area contributed by atoms with E-state index in [0.29, 0.717) is 13.1 Å². The van der Waals surface area contributed by atoms with Crippen molar-refractivity contribution < 1.29 is 5.11 Å². The molecule has 1 aliphatic carbocycles. The lowest BCUT2D eigenvalue weighted by molar-refractivity contribution is -0.0215. The molecule has 0 bridgehead atoms. The Balaban J connectivity index is 1.47. The molecule has 29 heavy (non-hydrogen) atoms. The summed E-state index contributed by atoms with van der Waals surface area (Å²) >= 11 is 3.47. The van der Waals surface area contributed by atoms with Crippen LogP contribution in [0.3, 0.4) is 0 Å². The second kappa shape index (κ2) is 7.67. The van der Waals surface area contributed by atoms with Gasteiger partial charge in [0.05, 0.1) is 23.7 Å². The van der Waals surface area contributed by atoms with Crippen LogP contribution < -0.4 is 0 Å². The molecule has 1 fully saturated rings. The van der Waals surface area contributed by atoms with Gasteiger partial charge in [-0.05, 0) is 48.2 Å². The summed E-state index contributed by atoms with van der Waals surface area (Å²) in [6.07, 6.45) is 7.57. The summed E-state index contributed by atoms with van der Waals surface area (Å²) in [4.78, 5) is 2.45. The number of fused-ring (bicyclic) bond motifs is 2. The zero-order chi connectivity index (χ0) is 19.8. The van der Waals surface area contributed by atoms with E-state index >= 15 is 0 Å². The predicted molar refractivity (Wildman–Crippen MR) is 116 cm³/mol. The quantitative estimate of drug-likeness (QED) is 0.623. The van der Waals surface area contributed by atoms with Crippen molar-refractivity contribution in [1.82, 2.24) is 19.9 Å². The van der Waals surface area contributed by atoms with E-state index in [4.69, 9.17) is 0 Å². The van der Waals surface area contributed by atoms with Gasteiger partial charge in [0, 0.05) is 23.1 Å². The Morgan fingerprint density at radius 2 is 1.79 bits per heavy atom. The van der Waals surface area contributed by atoms with Crippen LogP contribution in [0, 0.1) is 0 Å². The molecule has 2 aliphatic rings. The van der Waals surface area contributed by atoms with Crippen LogP contribution in [-0.4, -0.2) is 31.5 Å². The number of aliphatic hydroxyl groups excluding tert-OH is 1. The van der Waals surface area contributed by atoms with Crippen molar-refractivity contribution in [2.75, 3.05) is 6.54 Å². The van der Waals surface area contributed by atoms with Crippen molar-refractivity contribution in [3.05, 3.63) is 76.0 Å². The van der Waals surface area contributed by atoms with Crippen molar-refractivity contribution >= 4 is 15.9 Å². The molecule has 6 heteroatoms. The van der Waals surface area contributed by atoms with E-state index in [1.807, 2.05) is 41.2 Å². The number of hydrogen-bond donors (Lipinski definition) is 1. The average Bonchev–Trinajstić information content (AvgIpc) is 3.22. The zero-order valence-corrected chi connectivity index (χ0v) is 17.9. The highest BCUT2D eigenvalue weighted by Gasteiger charge is 2.45. The monoisotopic (exact) mass is 452 g/mol. The first kappa shape index (κ1) is 19.0. The first-order valence-corrected chi connectivity index (χ1v) is 11.1. The Morgan fingerprint density at radius 1 is 1.03 bits per heavy atom. The molecule has 1 aliphatic heterocycles. The number of rotatable bonds is 3. The van der Waals surface area contributed by atoms with Crippen LogP contribution in [0.4, 0.5) is 0 Å². The van der Waals surface area contributed by atoms with E-state index in [1.54, 1.807) is 0 Å². The topological polar surface area (TPSA) is 54.2 Å². The summed E-state index contributed by atoms with van der Waals surface area (Å²) in [5.74, 6) is 0. The predicted octanol–water partition coefficient (Wildman–Crippen LogP) is 4.74. The third-order valence-electron chi connectivity index (χ3n) is 6.49. The van der Waals surface area contributed by atoms with E-state index in [1.165, 1.54) is 24.8 Å². The number of hydrogen-bond acceptors (Lipinski definition) is 4. The van der Waals surface area contributed by atoms with Crippen LogP contribution >= 0.6 is 15.9 Å². The lowest BCUT2D eigenvalue weighted by atomic mass is 9.70. The molecule has 5 nitrogen and oxygen atoms in total. The summed E-state index contributed by atoms with van der Waals surface area (Å²) in [7, 11) is 0. The van der Waals surface area contributed by atoms with Crippen LogP contribution in [-0.2, 0) is 12.1 Å². The molecular formula is C23H25BrN4O. The maximum Gasteiger partial charge on any atom is 0.0972 e. The molecule has 2 aromatic carbocycles. The minimum Gasteiger partial charge on any atom is -0.387 e. The number of β-amino-alcohol motifs (C(OH)–C–C–N with tert-alkyl or cyclic N) is 1. The molecule has 5 rings (SSSR count). The van der Waals surface area contributed by atoms with Gasteiger partial charge in [0.1, 0.15) is 0 Å². The molecule has 0 amide bonds. The molecule has 3 aromatic rings. The highest BCUT2D eigenvalue weighted by Crippen LogP contribution is 2.48. The summed E-state index contributed by atoms with van der Waals surface area (Å²) < 4.78 is 2.87. The van der Waals surface area contributed by atoms with Gasteiger partial charge in [-0.1, -0.05) is 64.7 Å². The minimum atomic E-state index is -0.458. The number of aliphatic hydroxyl groups is 1. The second-order valence-corrected chi connectivity index (χ2v) is 9.12. The van der Waals surface area contributed by atoms with Crippen molar-refractivity contribution in [3.8, 4) is 5.69 Å². The first-order chi connectivity index (χ1) is 14.2. The number of nitrogens with zero attached hydrogens (tertiary/aromatic N) is 4. The van der Waals surface area contributed by atoms with Crippen molar-refractivity contribution in [3.63, 3.8) is 0 Å². The van der Waals surface area contributed by atoms with Gasteiger partial charge in [-0.2, -0.15) is 0 Å². The minimum absolute atomic E-state index is 0.00450. The third kappa shape index (κ3) is 3.43. The van der Waals surface area contributed by atoms with E-state index in [2.05, 4.69) is 49.3 Å². The standard InChI is InChI=1S/C23H25BrN4O/c24-17-8-10-19(11-9-17)28-15-18(25-26-28)14-27-16-22(29)20-6-2-3-7-21(20)23(27)12-4-1-5-13-23/h2-3,6-11,15,22,29H,1,4-5,12-14,16H2. The maximum absolute atomic E-state index is 10.8. The fourth-order valence-electron chi connectivity index (χ4n) is 5.09. The summed E-state index contributed by atoms with van der Waals surface area (Å²) in [5.41, 5.74) is 4.32. The molecule has 1 N–H and O–H groups in total. The highest BCUT2D eigenvalue weighted by molar-refractivity contribution is 9.10. The van der Waals surface area contributed by atoms with Gasteiger partial charge in [-0.25, -0.2) is 4.68 Å². The van der Waals surface area contributed by atoms with Crippen molar-refractivity contribution in [1.29, 1.82) is 0 Å². The molecular weight excluding hydrogens is 428 g/mol. The smallest absolute Gasteiger partial charge is 0.0972 e.